The van der Waals surface area contributed by atoms with Crippen LogP contribution in [0.1, 0.15) is 21.5 Å². The van der Waals surface area contributed by atoms with Gasteiger partial charge in [0.1, 0.15) is 5.75 Å². The van der Waals surface area contributed by atoms with E-state index in [4.69, 9.17) is 4.74 Å². The van der Waals surface area contributed by atoms with Crippen molar-refractivity contribution < 1.29 is 9.53 Å². The second kappa shape index (κ2) is 8.61. The van der Waals surface area contributed by atoms with Gasteiger partial charge in [-0.3, -0.25) is 4.79 Å². The monoisotopic (exact) mass is 374 g/mol. The smallest absolute Gasteiger partial charge is 0.258 e. The molecule has 144 valence electrons. The lowest BCUT2D eigenvalue weighted by Gasteiger charge is -2.24. The highest BCUT2D eigenvalue weighted by Gasteiger charge is 2.20. The van der Waals surface area contributed by atoms with Gasteiger partial charge in [-0.1, -0.05) is 30.3 Å². The number of ether oxygens (including phenoxy) is 1. The molecule has 0 unspecified atom stereocenters. The molecule has 3 rings (SSSR count). The molecular weight excluding hydrogens is 348 g/mol. The van der Waals surface area contributed by atoms with Crippen LogP contribution in [0, 0.1) is 6.92 Å². The lowest BCUT2D eigenvalue weighted by Crippen LogP contribution is -2.31. The summed E-state index contributed by atoms with van der Waals surface area (Å²) in [6.07, 6.45) is 0. The van der Waals surface area contributed by atoms with E-state index in [1.54, 1.807) is 7.11 Å². The summed E-state index contributed by atoms with van der Waals surface area (Å²) in [6.45, 7) is 2.46. The minimum absolute atomic E-state index is 0.0139. The van der Waals surface area contributed by atoms with Gasteiger partial charge in [0.05, 0.1) is 13.7 Å². The summed E-state index contributed by atoms with van der Waals surface area (Å²) in [6, 6.07) is 23.6. The van der Waals surface area contributed by atoms with E-state index in [1.807, 2.05) is 74.4 Å². The molecule has 0 saturated heterocycles. The predicted molar refractivity (Wildman–Crippen MR) is 115 cm³/mol. The molecule has 0 saturated carbocycles. The van der Waals surface area contributed by atoms with Crippen molar-refractivity contribution in [3.63, 3.8) is 0 Å². The fourth-order valence-corrected chi connectivity index (χ4v) is 3.08. The van der Waals surface area contributed by atoms with Crippen LogP contribution in [0.2, 0.25) is 0 Å². The standard InChI is InChI=1S/C24H26N2O2/c1-18-7-5-6-8-23(18)24(27)26(21-13-15-22(28-4)16-14-21)17-19-9-11-20(12-10-19)25(2)3/h5-16H,17H2,1-4H3. The molecule has 1 amide bonds. The zero-order valence-electron chi connectivity index (χ0n) is 16.8. The number of rotatable bonds is 6. The number of hydrogen-bond acceptors (Lipinski definition) is 3. The first-order chi connectivity index (χ1) is 13.5. The maximum absolute atomic E-state index is 13.4. The first-order valence-electron chi connectivity index (χ1n) is 9.27. The van der Waals surface area contributed by atoms with E-state index in [2.05, 4.69) is 29.2 Å². The minimum atomic E-state index is -0.0139. The Labute approximate surface area is 167 Å². The van der Waals surface area contributed by atoms with Crippen LogP contribution in [0.5, 0.6) is 5.75 Å². The van der Waals surface area contributed by atoms with E-state index in [9.17, 15) is 4.79 Å². The second-order valence-corrected chi connectivity index (χ2v) is 6.97. The molecule has 0 atom stereocenters. The molecule has 4 heteroatoms. The number of benzene rings is 3. The van der Waals surface area contributed by atoms with Crippen molar-refractivity contribution in [2.45, 2.75) is 13.5 Å². The summed E-state index contributed by atoms with van der Waals surface area (Å²) < 4.78 is 5.26. The van der Waals surface area contributed by atoms with Crippen LogP contribution in [0.4, 0.5) is 11.4 Å². The first kappa shape index (κ1) is 19.5. The zero-order valence-corrected chi connectivity index (χ0v) is 16.8. The summed E-state index contributed by atoms with van der Waals surface area (Å²) >= 11 is 0. The summed E-state index contributed by atoms with van der Waals surface area (Å²) in [5.74, 6) is 0.752. The van der Waals surface area contributed by atoms with Crippen LogP contribution >= 0.6 is 0 Å². The third-order valence-corrected chi connectivity index (χ3v) is 4.80. The van der Waals surface area contributed by atoms with Gasteiger partial charge in [0.2, 0.25) is 0 Å². The van der Waals surface area contributed by atoms with E-state index in [1.165, 1.54) is 0 Å². The fourth-order valence-electron chi connectivity index (χ4n) is 3.08. The zero-order chi connectivity index (χ0) is 20.1. The van der Waals surface area contributed by atoms with E-state index >= 15 is 0 Å². The number of hydrogen-bond donors (Lipinski definition) is 0. The molecule has 0 aromatic heterocycles. The number of anilines is 2. The average molecular weight is 374 g/mol. The molecule has 0 N–H and O–H groups in total. The Hall–Kier alpha value is -3.27. The Balaban J connectivity index is 1.96. The van der Waals surface area contributed by atoms with Crippen molar-refractivity contribution in [3.05, 3.63) is 89.5 Å². The predicted octanol–water partition coefficient (Wildman–Crippen LogP) is 4.92. The van der Waals surface area contributed by atoms with Crippen molar-refractivity contribution in [2.24, 2.45) is 0 Å². The van der Waals surface area contributed by atoms with Gasteiger partial charge in [-0.2, -0.15) is 0 Å². The van der Waals surface area contributed by atoms with Crippen molar-refractivity contribution in [3.8, 4) is 5.75 Å². The largest absolute Gasteiger partial charge is 0.497 e. The summed E-state index contributed by atoms with van der Waals surface area (Å²) in [5.41, 5.74) is 4.72. The van der Waals surface area contributed by atoms with E-state index in [-0.39, 0.29) is 5.91 Å². The summed E-state index contributed by atoms with van der Waals surface area (Å²) in [7, 11) is 5.66. The van der Waals surface area contributed by atoms with Crippen LogP contribution < -0.4 is 14.5 Å². The Morgan fingerprint density at radius 1 is 0.857 bits per heavy atom. The van der Waals surface area contributed by atoms with Gasteiger partial charge in [0, 0.05) is 31.0 Å². The minimum Gasteiger partial charge on any atom is -0.497 e. The fraction of sp³-hybridized carbons (Fsp3) is 0.208. The highest BCUT2D eigenvalue weighted by molar-refractivity contribution is 6.07. The van der Waals surface area contributed by atoms with Crippen LogP contribution in [0.15, 0.2) is 72.8 Å². The lowest BCUT2D eigenvalue weighted by molar-refractivity contribution is 0.0984. The maximum Gasteiger partial charge on any atom is 0.258 e. The number of carbonyl (C=O) groups excluding carboxylic acids is 1. The molecule has 0 fully saturated rings. The molecule has 0 radical (unpaired) electrons. The topological polar surface area (TPSA) is 32.8 Å². The van der Waals surface area contributed by atoms with Crippen molar-refractivity contribution in [2.75, 3.05) is 31.0 Å². The number of carbonyl (C=O) groups is 1. The number of nitrogens with zero attached hydrogens (tertiary/aromatic N) is 2. The molecule has 0 aliphatic rings. The number of amides is 1. The third kappa shape index (κ3) is 4.34. The Morgan fingerprint density at radius 3 is 2.04 bits per heavy atom. The second-order valence-electron chi connectivity index (χ2n) is 6.97. The quantitative estimate of drug-likeness (QED) is 0.614. The molecule has 3 aromatic rings. The maximum atomic E-state index is 13.4. The molecule has 4 nitrogen and oxygen atoms in total. The number of aryl methyl sites for hydroxylation is 1. The van der Waals surface area contributed by atoms with Crippen molar-refractivity contribution in [1.29, 1.82) is 0 Å². The Kier molecular flexibility index (Phi) is 5.99. The Bertz CT molecular complexity index is 932. The van der Waals surface area contributed by atoms with Gasteiger partial charge in [-0.25, -0.2) is 0 Å². The first-order valence-corrected chi connectivity index (χ1v) is 9.27. The highest BCUT2D eigenvalue weighted by Crippen LogP contribution is 2.25. The molecule has 0 heterocycles. The number of methoxy groups -OCH3 is 1. The average Bonchev–Trinajstić information content (AvgIpc) is 2.72. The van der Waals surface area contributed by atoms with Gasteiger partial charge >= 0.3 is 0 Å². The van der Waals surface area contributed by atoms with Gasteiger partial charge in [0.15, 0.2) is 0 Å². The molecule has 0 bridgehead atoms. The molecule has 3 aromatic carbocycles. The SMILES string of the molecule is COc1ccc(N(Cc2ccc(N(C)C)cc2)C(=O)c2ccccc2C)cc1. The third-order valence-electron chi connectivity index (χ3n) is 4.80. The highest BCUT2D eigenvalue weighted by atomic mass is 16.5. The van der Waals surface area contributed by atoms with Crippen molar-refractivity contribution >= 4 is 17.3 Å². The molecule has 28 heavy (non-hydrogen) atoms. The van der Waals surface area contributed by atoms with Gasteiger partial charge in [0.25, 0.3) is 5.91 Å². The summed E-state index contributed by atoms with van der Waals surface area (Å²) in [4.78, 5) is 17.3. The normalized spacial score (nSPS) is 10.4. The van der Waals surface area contributed by atoms with Crippen molar-refractivity contribution in [1.82, 2.24) is 0 Å². The van der Waals surface area contributed by atoms with E-state index in [0.717, 1.165) is 28.3 Å². The Morgan fingerprint density at radius 2 is 1.46 bits per heavy atom. The van der Waals surface area contributed by atoms with Gasteiger partial charge in [-0.05, 0) is 60.5 Å². The summed E-state index contributed by atoms with van der Waals surface area (Å²) in [5, 5.41) is 0. The van der Waals surface area contributed by atoms with Gasteiger partial charge < -0.3 is 14.5 Å². The van der Waals surface area contributed by atoms with Crippen LogP contribution in [-0.4, -0.2) is 27.1 Å². The van der Waals surface area contributed by atoms with Gasteiger partial charge in [-0.15, -0.1) is 0 Å². The molecule has 0 aliphatic carbocycles. The molecular formula is C24H26N2O2. The molecule has 0 aliphatic heterocycles. The lowest BCUT2D eigenvalue weighted by atomic mass is 10.1. The van der Waals surface area contributed by atoms with Crippen LogP contribution in [0.3, 0.4) is 0 Å². The van der Waals surface area contributed by atoms with Crippen LogP contribution in [-0.2, 0) is 6.54 Å². The molecule has 0 spiro atoms. The van der Waals surface area contributed by atoms with E-state index in [0.29, 0.717) is 12.1 Å². The van der Waals surface area contributed by atoms with Crippen LogP contribution in [0.25, 0.3) is 0 Å². The van der Waals surface area contributed by atoms with E-state index < -0.39 is 0 Å².